The predicted octanol–water partition coefficient (Wildman–Crippen LogP) is 4.23. The predicted molar refractivity (Wildman–Crippen MR) is 155 cm³/mol. The molecule has 0 spiro atoms. The van der Waals surface area contributed by atoms with Crippen molar-refractivity contribution in [3.8, 4) is 17.4 Å². The number of aryl methyl sites for hydroxylation is 1. The van der Waals surface area contributed by atoms with Crippen LogP contribution in [-0.4, -0.2) is 84.3 Å². The molecule has 1 aromatic heterocycles. The minimum Gasteiger partial charge on any atom is -0.495 e. The molecule has 2 unspecified atom stereocenters. The van der Waals surface area contributed by atoms with E-state index in [9.17, 15) is 23.1 Å². The highest BCUT2D eigenvalue weighted by molar-refractivity contribution is 5.97. The van der Waals surface area contributed by atoms with Crippen LogP contribution in [-0.2, 0) is 17.5 Å². The van der Waals surface area contributed by atoms with Crippen molar-refractivity contribution in [2.45, 2.75) is 44.4 Å². The molecule has 11 nitrogen and oxygen atoms in total. The van der Waals surface area contributed by atoms with E-state index in [2.05, 4.69) is 25.5 Å². The first-order valence-corrected chi connectivity index (χ1v) is 14.0. The zero-order valence-electron chi connectivity index (χ0n) is 25.0. The van der Waals surface area contributed by atoms with Crippen LogP contribution in [0.4, 0.5) is 24.8 Å². The molecule has 5 rings (SSSR count). The molecule has 236 valence electrons. The van der Waals surface area contributed by atoms with Gasteiger partial charge in [0.1, 0.15) is 23.3 Å². The standard InChI is InChI=1S/C30H35F3N6O5/c1-16-11-21(23(42-4)12-18(16)26(40)35-20-9-10-38(2)15-24(20)43-5)36-29-34-13-19(30(31,32)33)27(37-29)44-22-8-6-7-17-14-39(3)28(41)25(17)22/h6-8,11-13,20,24,28,41H,9-10,14-15H2,1-5H3,(H,35,40)(H,34,36,37)/t20-,24?,28?/m1/s1. The van der Waals surface area contributed by atoms with E-state index in [1.807, 2.05) is 7.05 Å². The summed E-state index contributed by atoms with van der Waals surface area (Å²) in [4.78, 5) is 25.0. The van der Waals surface area contributed by atoms with E-state index >= 15 is 0 Å². The fraction of sp³-hybridized carbons (Fsp3) is 0.433. The van der Waals surface area contributed by atoms with Crippen LogP contribution < -0.4 is 20.1 Å². The second-order valence-corrected chi connectivity index (χ2v) is 11.0. The van der Waals surface area contributed by atoms with Crippen LogP contribution >= 0.6 is 0 Å². The lowest BCUT2D eigenvalue weighted by Gasteiger charge is -2.36. The third-order valence-electron chi connectivity index (χ3n) is 7.94. The number of anilines is 2. The smallest absolute Gasteiger partial charge is 0.423 e. The molecule has 1 amide bonds. The summed E-state index contributed by atoms with van der Waals surface area (Å²) in [7, 11) is 6.72. The molecule has 1 saturated heterocycles. The highest BCUT2D eigenvalue weighted by Gasteiger charge is 2.38. The number of amides is 1. The van der Waals surface area contributed by atoms with Crippen molar-refractivity contribution in [3.05, 3.63) is 64.3 Å². The van der Waals surface area contributed by atoms with Crippen molar-refractivity contribution in [1.29, 1.82) is 0 Å². The van der Waals surface area contributed by atoms with Gasteiger partial charge in [0.15, 0.2) is 0 Å². The second kappa shape index (κ2) is 12.6. The first-order chi connectivity index (χ1) is 20.9. The van der Waals surface area contributed by atoms with Crippen molar-refractivity contribution < 1.29 is 37.3 Å². The second-order valence-electron chi connectivity index (χ2n) is 11.0. The summed E-state index contributed by atoms with van der Waals surface area (Å²) in [6.45, 7) is 3.66. The molecular weight excluding hydrogens is 581 g/mol. The van der Waals surface area contributed by atoms with Gasteiger partial charge in [-0.3, -0.25) is 9.69 Å². The topological polar surface area (TPSA) is 121 Å². The molecule has 2 aliphatic rings. The number of nitrogens with one attached hydrogen (secondary N) is 2. The van der Waals surface area contributed by atoms with Crippen LogP contribution in [0.15, 0.2) is 36.5 Å². The molecule has 1 fully saturated rings. The van der Waals surface area contributed by atoms with E-state index < -0.39 is 23.8 Å². The number of piperidine rings is 1. The fourth-order valence-corrected chi connectivity index (χ4v) is 5.53. The largest absolute Gasteiger partial charge is 0.495 e. The number of methoxy groups -OCH3 is 2. The molecule has 44 heavy (non-hydrogen) atoms. The normalized spacial score (nSPS) is 20.7. The molecule has 3 N–H and O–H groups in total. The molecule has 3 aromatic rings. The SMILES string of the molecule is COc1cc(C(=O)N[C@@H]2CCN(C)CC2OC)c(C)cc1Nc1ncc(C(F)(F)F)c(Oc2cccc3c2C(O)N(C)C3)n1. The number of halogens is 3. The molecule has 3 atom stereocenters. The Balaban J connectivity index is 1.42. The van der Waals surface area contributed by atoms with Crippen molar-refractivity contribution in [2.75, 3.05) is 46.7 Å². The van der Waals surface area contributed by atoms with Crippen LogP contribution in [0.1, 0.15) is 45.3 Å². The maximum absolute atomic E-state index is 13.9. The van der Waals surface area contributed by atoms with Gasteiger partial charge in [-0.25, -0.2) is 4.98 Å². The van der Waals surface area contributed by atoms with Gasteiger partial charge in [0, 0.05) is 37.5 Å². The lowest BCUT2D eigenvalue weighted by Crippen LogP contribution is -2.53. The van der Waals surface area contributed by atoms with Gasteiger partial charge in [-0.15, -0.1) is 0 Å². The molecule has 0 saturated carbocycles. The van der Waals surface area contributed by atoms with Crippen LogP contribution in [0.5, 0.6) is 17.4 Å². The lowest BCUT2D eigenvalue weighted by molar-refractivity contribution is -0.139. The molecule has 3 heterocycles. The minimum absolute atomic E-state index is 0.0543. The number of benzene rings is 2. The summed E-state index contributed by atoms with van der Waals surface area (Å²) >= 11 is 0. The number of hydrogen-bond acceptors (Lipinski definition) is 10. The summed E-state index contributed by atoms with van der Waals surface area (Å²) in [6.07, 6.45) is -4.65. The number of nitrogens with zero attached hydrogens (tertiary/aromatic N) is 4. The van der Waals surface area contributed by atoms with E-state index in [1.165, 1.54) is 13.2 Å². The van der Waals surface area contributed by atoms with E-state index in [0.717, 1.165) is 18.5 Å². The number of aliphatic hydroxyl groups is 1. The molecule has 2 aromatic carbocycles. The van der Waals surface area contributed by atoms with Gasteiger partial charge >= 0.3 is 6.18 Å². The zero-order valence-corrected chi connectivity index (χ0v) is 25.0. The number of likely N-dealkylation sites (tertiary alicyclic amines) is 1. The minimum atomic E-state index is -4.81. The van der Waals surface area contributed by atoms with Crippen LogP contribution in [0.3, 0.4) is 0 Å². The summed E-state index contributed by atoms with van der Waals surface area (Å²) in [5.41, 5.74) is 1.23. The number of fused-ring (bicyclic) bond motifs is 1. The van der Waals surface area contributed by atoms with E-state index in [1.54, 1.807) is 50.2 Å². The van der Waals surface area contributed by atoms with Crippen LogP contribution in [0, 0.1) is 6.92 Å². The Bertz CT molecular complexity index is 1540. The van der Waals surface area contributed by atoms with Crippen LogP contribution in [0.25, 0.3) is 0 Å². The summed E-state index contributed by atoms with van der Waals surface area (Å²) in [6, 6.07) is 7.91. The highest BCUT2D eigenvalue weighted by atomic mass is 19.4. The zero-order chi connectivity index (χ0) is 31.8. The monoisotopic (exact) mass is 616 g/mol. The van der Waals surface area contributed by atoms with E-state index in [4.69, 9.17) is 14.2 Å². The van der Waals surface area contributed by atoms with Gasteiger partial charge in [-0.05, 0) is 63.3 Å². The van der Waals surface area contributed by atoms with Gasteiger partial charge in [0.05, 0.1) is 24.9 Å². The molecule has 0 aliphatic carbocycles. The number of rotatable bonds is 8. The fourth-order valence-electron chi connectivity index (χ4n) is 5.53. The number of carbonyl (C=O) groups excluding carboxylic acids is 1. The van der Waals surface area contributed by atoms with Crippen molar-refractivity contribution >= 4 is 17.5 Å². The Morgan fingerprint density at radius 2 is 1.93 bits per heavy atom. The van der Waals surface area contributed by atoms with Crippen molar-refractivity contribution in [3.63, 3.8) is 0 Å². The molecular formula is C30H35F3N6O5. The average Bonchev–Trinajstić information content (AvgIpc) is 3.27. The number of ether oxygens (including phenoxy) is 3. The Hall–Kier alpha value is -3.98. The van der Waals surface area contributed by atoms with E-state index in [-0.39, 0.29) is 35.5 Å². The van der Waals surface area contributed by atoms with Gasteiger partial charge in [-0.2, -0.15) is 18.2 Å². The Kier molecular flexibility index (Phi) is 8.97. The number of alkyl halides is 3. The first kappa shape index (κ1) is 31.4. The maximum Gasteiger partial charge on any atom is 0.423 e. The Labute approximate surface area is 252 Å². The maximum atomic E-state index is 13.9. The lowest BCUT2D eigenvalue weighted by atomic mass is 10.0. The molecule has 0 bridgehead atoms. The van der Waals surface area contributed by atoms with Gasteiger partial charge in [-0.1, -0.05) is 12.1 Å². The summed E-state index contributed by atoms with van der Waals surface area (Å²) < 4.78 is 58.6. The Morgan fingerprint density at radius 1 is 1.16 bits per heavy atom. The number of hydrogen-bond donors (Lipinski definition) is 3. The van der Waals surface area contributed by atoms with Crippen molar-refractivity contribution in [1.82, 2.24) is 25.1 Å². The first-order valence-electron chi connectivity index (χ1n) is 14.0. The number of likely N-dealkylation sites (N-methyl/N-ethyl adjacent to an activating group) is 1. The molecule has 2 aliphatic heterocycles. The summed E-state index contributed by atoms with van der Waals surface area (Å²) in [5.74, 6) is -0.914. The highest BCUT2D eigenvalue weighted by Crippen LogP contribution is 2.42. The molecule has 14 heteroatoms. The van der Waals surface area contributed by atoms with E-state index in [0.29, 0.717) is 41.7 Å². The third-order valence-corrected chi connectivity index (χ3v) is 7.94. The van der Waals surface area contributed by atoms with Crippen molar-refractivity contribution in [2.24, 2.45) is 0 Å². The average molecular weight is 617 g/mol. The third kappa shape index (κ3) is 6.43. The number of carbonyl (C=O) groups is 1. The Morgan fingerprint density at radius 3 is 2.64 bits per heavy atom. The number of aromatic nitrogens is 2. The van der Waals surface area contributed by atoms with Gasteiger partial charge in [0.25, 0.3) is 5.91 Å². The number of aliphatic hydroxyl groups excluding tert-OH is 1. The van der Waals surface area contributed by atoms with Gasteiger partial charge < -0.3 is 34.9 Å². The summed E-state index contributed by atoms with van der Waals surface area (Å²) in [5, 5.41) is 16.5. The van der Waals surface area contributed by atoms with Gasteiger partial charge in [0.2, 0.25) is 11.8 Å². The quantitative estimate of drug-likeness (QED) is 0.339. The van der Waals surface area contributed by atoms with Crippen LogP contribution in [0.2, 0.25) is 0 Å². The molecule has 0 radical (unpaired) electrons.